The van der Waals surface area contributed by atoms with Gasteiger partial charge in [-0.05, 0) is 55.0 Å². The number of carbonyl (C=O) groups excluding carboxylic acids is 1. The molecule has 0 aliphatic carbocycles. The molecule has 152 valence electrons. The average molecular weight is 397 g/mol. The third kappa shape index (κ3) is 5.18. The Balaban J connectivity index is 1.63. The van der Waals surface area contributed by atoms with Gasteiger partial charge in [0.15, 0.2) is 5.82 Å². The van der Waals surface area contributed by atoms with Crippen LogP contribution in [0.3, 0.4) is 0 Å². The van der Waals surface area contributed by atoms with Gasteiger partial charge in [0.05, 0.1) is 13.2 Å². The largest absolute Gasteiger partial charge is 0.494 e. The van der Waals surface area contributed by atoms with E-state index in [0.717, 1.165) is 5.56 Å². The zero-order chi connectivity index (χ0) is 20.8. The SMILES string of the molecule is COc1ccc(NC(=O)NCc2ccc(OC(C)C)nc2)cc1-n1nnnc1C. The van der Waals surface area contributed by atoms with E-state index in [1.165, 1.54) is 4.68 Å². The van der Waals surface area contributed by atoms with E-state index in [4.69, 9.17) is 9.47 Å². The number of aromatic nitrogens is 5. The lowest BCUT2D eigenvalue weighted by atomic mass is 10.2. The number of methoxy groups -OCH3 is 1. The van der Waals surface area contributed by atoms with Gasteiger partial charge in [-0.25, -0.2) is 9.78 Å². The monoisotopic (exact) mass is 397 g/mol. The lowest BCUT2D eigenvalue weighted by Crippen LogP contribution is -2.28. The summed E-state index contributed by atoms with van der Waals surface area (Å²) in [5, 5.41) is 17.0. The van der Waals surface area contributed by atoms with Gasteiger partial charge in [0.2, 0.25) is 5.88 Å². The summed E-state index contributed by atoms with van der Waals surface area (Å²) in [5.74, 6) is 1.74. The number of hydrogen-bond donors (Lipinski definition) is 2. The van der Waals surface area contributed by atoms with Crippen molar-refractivity contribution in [3.63, 3.8) is 0 Å². The molecule has 29 heavy (non-hydrogen) atoms. The fraction of sp³-hybridized carbons (Fsp3) is 0.316. The van der Waals surface area contributed by atoms with Crippen LogP contribution in [-0.2, 0) is 6.54 Å². The minimum absolute atomic E-state index is 0.0590. The van der Waals surface area contributed by atoms with Crippen molar-refractivity contribution < 1.29 is 14.3 Å². The molecule has 0 unspecified atom stereocenters. The average Bonchev–Trinajstić information content (AvgIpc) is 3.12. The van der Waals surface area contributed by atoms with E-state index in [0.29, 0.717) is 35.4 Å². The molecule has 0 atom stereocenters. The van der Waals surface area contributed by atoms with Crippen molar-refractivity contribution in [2.45, 2.75) is 33.4 Å². The van der Waals surface area contributed by atoms with Crippen LogP contribution < -0.4 is 20.1 Å². The second kappa shape index (κ2) is 9.00. The van der Waals surface area contributed by atoms with Crippen LogP contribution in [0.2, 0.25) is 0 Å². The highest BCUT2D eigenvalue weighted by molar-refractivity contribution is 5.89. The Kier molecular flexibility index (Phi) is 6.22. The molecule has 2 amide bonds. The number of nitrogens with zero attached hydrogens (tertiary/aromatic N) is 5. The van der Waals surface area contributed by atoms with Crippen molar-refractivity contribution in [2.75, 3.05) is 12.4 Å². The van der Waals surface area contributed by atoms with Crippen LogP contribution in [0.4, 0.5) is 10.5 Å². The van der Waals surface area contributed by atoms with Crippen molar-refractivity contribution in [3.8, 4) is 17.3 Å². The van der Waals surface area contributed by atoms with Crippen molar-refractivity contribution in [1.29, 1.82) is 0 Å². The zero-order valence-corrected chi connectivity index (χ0v) is 16.7. The number of pyridine rings is 1. The highest BCUT2D eigenvalue weighted by atomic mass is 16.5. The summed E-state index contributed by atoms with van der Waals surface area (Å²) in [6, 6.07) is 8.50. The Morgan fingerprint density at radius 2 is 2.07 bits per heavy atom. The number of ether oxygens (including phenoxy) is 2. The molecule has 0 radical (unpaired) electrons. The number of anilines is 1. The molecule has 10 nitrogen and oxygen atoms in total. The molecule has 3 aromatic rings. The number of rotatable bonds is 7. The number of hydrogen-bond acceptors (Lipinski definition) is 7. The molecule has 0 fully saturated rings. The zero-order valence-electron chi connectivity index (χ0n) is 16.7. The van der Waals surface area contributed by atoms with Gasteiger partial charge in [-0.15, -0.1) is 5.10 Å². The van der Waals surface area contributed by atoms with E-state index in [2.05, 4.69) is 31.1 Å². The maximum Gasteiger partial charge on any atom is 0.319 e. The summed E-state index contributed by atoms with van der Waals surface area (Å²) < 4.78 is 12.4. The highest BCUT2D eigenvalue weighted by Gasteiger charge is 2.12. The molecule has 0 bridgehead atoms. The van der Waals surface area contributed by atoms with Crippen LogP contribution in [0.5, 0.6) is 11.6 Å². The highest BCUT2D eigenvalue weighted by Crippen LogP contribution is 2.26. The van der Waals surface area contributed by atoms with Crippen LogP contribution in [0.25, 0.3) is 5.69 Å². The van der Waals surface area contributed by atoms with Gasteiger partial charge in [-0.2, -0.15) is 4.68 Å². The van der Waals surface area contributed by atoms with Gasteiger partial charge in [0, 0.05) is 24.5 Å². The third-order valence-electron chi connectivity index (χ3n) is 3.90. The van der Waals surface area contributed by atoms with Crippen molar-refractivity contribution in [2.24, 2.45) is 0 Å². The Labute approximate surface area is 168 Å². The van der Waals surface area contributed by atoms with Crippen LogP contribution in [0.1, 0.15) is 25.2 Å². The summed E-state index contributed by atoms with van der Waals surface area (Å²) in [6.07, 6.45) is 1.73. The van der Waals surface area contributed by atoms with Crippen molar-refractivity contribution >= 4 is 11.7 Å². The minimum atomic E-state index is -0.350. The molecule has 0 spiro atoms. The van der Waals surface area contributed by atoms with E-state index in [1.807, 2.05) is 19.9 Å². The molecule has 0 aliphatic rings. The molecular formula is C19H23N7O3. The maximum absolute atomic E-state index is 12.3. The number of tetrazole rings is 1. The summed E-state index contributed by atoms with van der Waals surface area (Å²) in [4.78, 5) is 16.5. The minimum Gasteiger partial charge on any atom is -0.494 e. The first-order valence-corrected chi connectivity index (χ1v) is 9.06. The Bertz CT molecular complexity index is 970. The second-order valence-corrected chi connectivity index (χ2v) is 6.50. The number of amides is 2. The predicted octanol–water partition coefficient (Wildman–Crippen LogP) is 2.48. The van der Waals surface area contributed by atoms with Gasteiger partial charge in [-0.3, -0.25) is 0 Å². The number of aryl methyl sites for hydroxylation is 1. The fourth-order valence-corrected chi connectivity index (χ4v) is 2.57. The predicted molar refractivity (Wildman–Crippen MR) is 106 cm³/mol. The summed E-state index contributed by atoms with van der Waals surface area (Å²) in [5.41, 5.74) is 2.06. The fourth-order valence-electron chi connectivity index (χ4n) is 2.57. The molecule has 1 aromatic carbocycles. The van der Waals surface area contributed by atoms with Crippen molar-refractivity contribution in [3.05, 3.63) is 47.9 Å². The second-order valence-electron chi connectivity index (χ2n) is 6.50. The van der Waals surface area contributed by atoms with E-state index in [1.54, 1.807) is 44.5 Å². The first-order valence-electron chi connectivity index (χ1n) is 9.06. The maximum atomic E-state index is 12.3. The molecule has 0 aliphatic heterocycles. The van der Waals surface area contributed by atoms with E-state index < -0.39 is 0 Å². The molecular weight excluding hydrogens is 374 g/mol. The summed E-state index contributed by atoms with van der Waals surface area (Å²) in [7, 11) is 1.56. The van der Waals surface area contributed by atoms with Crippen LogP contribution in [0, 0.1) is 6.92 Å². The summed E-state index contributed by atoms with van der Waals surface area (Å²) in [6.45, 7) is 5.98. The smallest absolute Gasteiger partial charge is 0.319 e. The first-order chi connectivity index (χ1) is 14.0. The topological polar surface area (TPSA) is 116 Å². The van der Waals surface area contributed by atoms with Gasteiger partial charge in [-0.1, -0.05) is 6.07 Å². The van der Waals surface area contributed by atoms with E-state index in [-0.39, 0.29) is 12.1 Å². The number of carbonyl (C=O) groups is 1. The van der Waals surface area contributed by atoms with Crippen LogP contribution in [0.15, 0.2) is 36.5 Å². The Hall–Kier alpha value is -3.69. The molecule has 2 aromatic heterocycles. The normalized spacial score (nSPS) is 10.7. The van der Waals surface area contributed by atoms with Gasteiger partial charge in [0.25, 0.3) is 0 Å². The standard InChI is InChI=1S/C19H23N7O3/c1-12(2)29-18-8-5-14(10-20-18)11-21-19(27)22-15-6-7-17(28-4)16(9-15)26-13(3)23-24-25-26/h5-10,12H,11H2,1-4H3,(H2,21,22,27). The van der Waals surface area contributed by atoms with E-state index in [9.17, 15) is 4.79 Å². The lowest BCUT2D eigenvalue weighted by Gasteiger charge is -2.12. The third-order valence-corrected chi connectivity index (χ3v) is 3.90. The van der Waals surface area contributed by atoms with Crippen LogP contribution >= 0.6 is 0 Å². The quantitative estimate of drug-likeness (QED) is 0.629. The van der Waals surface area contributed by atoms with Gasteiger partial charge >= 0.3 is 6.03 Å². The molecule has 3 rings (SSSR count). The lowest BCUT2D eigenvalue weighted by molar-refractivity contribution is 0.232. The molecule has 2 heterocycles. The number of benzene rings is 1. The van der Waals surface area contributed by atoms with E-state index >= 15 is 0 Å². The van der Waals surface area contributed by atoms with Gasteiger partial charge < -0.3 is 20.1 Å². The van der Waals surface area contributed by atoms with Gasteiger partial charge in [0.1, 0.15) is 11.4 Å². The van der Waals surface area contributed by atoms with Crippen molar-refractivity contribution in [1.82, 2.24) is 30.5 Å². The number of urea groups is 1. The molecule has 10 heteroatoms. The molecule has 0 saturated carbocycles. The Morgan fingerprint density at radius 3 is 2.69 bits per heavy atom. The summed E-state index contributed by atoms with van der Waals surface area (Å²) >= 11 is 0. The van der Waals surface area contributed by atoms with Crippen LogP contribution in [-0.4, -0.2) is 44.4 Å². The first kappa shape index (κ1) is 20.1. The Morgan fingerprint density at radius 1 is 1.24 bits per heavy atom. The molecule has 0 saturated heterocycles. The number of nitrogens with one attached hydrogen (secondary N) is 2. The molecule has 2 N–H and O–H groups in total.